The molecule has 1 aliphatic rings. The third-order valence-electron chi connectivity index (χ3n) is 4.00. The van der Waals surface area contributed by atoms with E-state index < -0.39 is 23.3 Å². The molecule has 3 amide bonds. The molecule has 1 fully saturated rings. The van der Waals surface area contributed by atoms with E-state index in [4.69, 9.17) is 4.42 Å². The third kappa shape index (κ3) is 2.52. The van der Waals surface area contributed by atoms with E-state index in [1.807, 2.05) is 19.1 Å². The first kappa shape index (κ1) is 15.0. The van der Waals surface area contributed by atoms with Crippen molar-refractivity contribution >= 4 is 17.7 Å². The number of nitrogens with one attached hydrogen (secondary N) is 1. The first-order chi connectivity index (χ1) is 10.9. The van der Waals surface area contributed by atoms with E-state index in [0.29, 0.717) is 5.56 Å². The van der Waals surface area contributed by atoms with Crippen LogP contribution < -0.4 is 5.32 Å². The largest absolute Gasteiger partial charge is 0.461 e. The van der Waals surface area contributed by atoms with Crippen molar-refractivity contribution in [1.29, 1.82) is 0 Å². The summed E-state index contributed by atoms with van der Waals surface area (Å²) in [5.74, 6) is -0.757. The zero-order chi connectivity index (χ0) is 16.6. The highest BCUT2D eigenvalue weighted by molar-refractivity contribution is 6.10. The molecule has 0 aliphatic carbocycles. The van der Waals surface area contributed by atoms with Gasteiger partial charge in [0.05, 0.1) is 12.8 Å². The van der Waals surface area contributed by atoms with Crippen molar-refractivity contribution in [1.82, 2.24) is 10.2 Å². The average Bonchev–Trinajstić information content (AvgIpc) is 3.12. The SMILES string of the molecule is Cc1ccc([C@@]2(C)NC(=O)N(CC(=O)c3ccco3)C2=O)cc1. The number of nitrogens with zero attached hydrogens (tertiary/aromatic N) is 1. The number of furan rings is 1. The molecule has 0 spiro atoms. The lowest BCUT2D eigenvalue weighted by atomic mass is 9.91. The van der Waals surface area contributed by atoms with Gasteiger partial charge < -0.3 is 9.73 Å². The molecule has 23 heavy (non-hydrogen) atoms. The first-order valence-electron chi connectivity index (χ1n) is 7.20. The molecule has 1 aliphatic heterocycles. The van der Waals surface area contributed by atoms with Crippen LogP contribution in [0.5, 0.6) is 0 Å². The van der Waals surface area contributed by atoms with Gasteiger partial charge in [-0.25, -0.2) is 4.79 Å². The summed E-state index contributed by atoms with van der Waals surface area (Å²) in [7, 11) is 0. The van der Waals surface area contributed by atoms with Crippen molar-refractivity contribution in [2.45, 2.75) is 19.4 Å². The number of carbonyl (C=O) groups is 3. The first-order valence-corrected chi connectivity index (χ1v) is 7.20. The maximum atomic E-state index is 12.7. The Balaban J connectivity index is 1.85. The molecular formula is C17H16N2O4. The Morgan fingerprint density at radius 2 is 1.91 bits per heavy atom. The maximum absolute atomic E-state index is 12.7. The zero-order valence-electron chi connectivity index (χ0n) is 12.8. The number of aryl methyl sites for hydroxylation is 1. The van der Waals surface area contributed by atoms with Gasteiger partial charge in [0.1, 0.15) is 5.54 Å². The normalized spacial score (nSPS) is 20.7. The van der Waals surface area contributed by atoms with E-state index >= 15 is 0 Å². The molecule has 118 valence electrons. The summed E-state index contributed by atoms with van der Waals surface area (Å²) in [5.41, 5.74) is 0.558. The summed E-state index contributed by atoms with van der Waals surface area (Å²) in [6.45, 7) is 3.23. The fraction of sp³-hybridized carbons (Fsp3) is 0.235. The van der Waals surface area contributed by atoms with Crippen LogP contribution >= 0.6 is 0 Å². The van der Waals surface area contributed by atoms with Gasteiger partial charge in [-0.3, -0.25) is 14.5 Å². The molecule has 1 aromatic carbocycles. The summed E-state index contributed by atoms with van der Waals surface area (Å²) in [6.07, 6.45) is 1.37. The molecule has 0 bridgehead atoms. The third-order valence-corrected chi connectivity index (χ3v) is 4.00. The van der Waals surface area contributed by atoms with Gasteiger partial charge in [-0.2, -0.15) is 0 Å². The lowest BCUT2D eigenvalue weighted by Crippen LogP contribution is -2.41. The number of hydrogen-bond acceptors (Lipinski definition) is 4. The van der Waals surface area contributed by atoms with E-state index in [2.05, 4.69) is 5.32 Å². The van der Waals surface area contributed by atoms with Crippen LogP contribution in [0.3, 0.4) is 0 Å². The predicted octanol–water partition coefficient (Wildman–Crippen LogP) is 2.24. The Bertz CT molecular complexity index is 764. The highest BCUT2D eigenvalue weighted by atomic mass is 16.3. The molecule has 1 aromatic heterocycles. The van der Waals surface area contributed by atoms with Crippen molar-refractivity contribution in [2.24, 2.45) is 0 Å². The van der Waals surface area contributed by atoms with Gasteiger partial charge in [-0.05, 0) is 31.5 Å². The molecule has 1 saturated heterocycles. The quantitative estimate of drug-likeness (QED) is 0.693. The molecule has 1 N–H and O–H groups in total. The summed E-state index contributed by atoms with van der Waals surface area (Å²) < 4.78 is 5.01. The topological polar surface area (TPSA) is 79.6 Å². The second-order valence-corrected chi connectivity index (χ2v) is 5.71. The number of ketones is 1. The van der Waals surface area contributed by atoms with Crippen LogP contribution in [0.4, 0.5) is 4.79 Å². The fourth-order valence-electron chi connectivity index (χ4n) is 2.58. The van der Waals surface area contributed by atoms with Gasteiger partial charge in [0, 0.05) is 0 Å². The van der Waals surface area contributed by atoms with Gasteiger partial charge in [0.2, 0.25) is 5.78 Å². The van der Waals surface area contributed by atoms with E-state index in [0.717, 1.165) is 10.5 Å². The highest BCUT2D eigenvalue weighted by Gasteiger charge is 2.49. The number of amides is 3. The minimum absolute atomic E-state index is 0.120. The zero-order valence-corrected chi connectivity index (χ0v) is 12.8. The van der Waals surface area contributed by atoms with Crippen molar-refractivity contribution in [3.63, 3.8) is 0 Å². The van der Waals surface area contributed by atoms with Crippen LogP contribution in [0.25, 0.3) is 0 Å². The molecule has 3 rings (SSSR count). The Labute approximate surface area is 133 Å². The second-order valence-electron chi connectivity index (χ2n) is 5.71. The number of carbonyl (C=O) groups excluding carboxylic acids is 3. The lowest BCUT2D eigenvalue weighted by molar-refractivity contribution is -0.130. The van der Waals surface area contributed by atoms with E-state index in [1.54, 1.807) is 25.1 Å². The molecular weight excluding hydrogens is 296 g/mol. The Morgan fingerprint density at radius 1 is 1.22 bits per heavy atom. The van der Waals surface area contributed by atoms with Crippen molar-refractivity contribution in [2.75, 3.05) is 6.54 Å². The van der Waals surface area contributed by atoms with E-state index in [9.17, 15) is 14.4 Å². The van der Waals surface area contributed by atoms with Crippen molar-refractivity contribution < 1.29 is 18.8 Å². The molecule has 2 heterocycles. The standard InChI is InChI=1S/C17H16N2O4/c1-11-5-7-12(8-6-11)17(2)15(21)19(16(22)18-17)10-13(20)14-4-3-9-23-14/h3-9H,10H2,1-2H3,(H,18,22)/t17-/m1/s1. The minimum Gasteiger partial charge on any atom is -0.461 e. The van der Waals surface area contributed by atoms with Crippen LogP contribution in [-0.2, 0) is 10.3 Å². The fourth-order valence-corrected chi connectivity index (χ4v) is 2.58. The predicted molar refractivity (Wildman–Crippen MR) is 81.8 cm³/mol. The smallest absolute Gasteiger partial charge is 0.325 e. The van der Waals surface area contributed by atoms with Crippen LogP contribution in [-0.4, -0.2) is 29.2 Å². The van der Waals surface area contributed by atoms with Crippen LogP contribution in [0, 0.1) is 6.92 Å². The van der Waals surface area contributed by atoms with Crippen molar-refractivity contribution in [3.8, 4) is 0 Å². The van der Waals surface area contributed by atoms with Crippen LogP contribution in [0.1, 0.15) is 28.6 Å². The minimum atomic E-state index is -1.17. The molecule has 0 unspecified atom stereocenters. The molecule has 2 aromatic rings. The molecule has 0 radical (unpaired) electrons. The Hall–Kier alpha value is -2.89. The molecule has 1 atom stereocenters. The highest BCUT2D eigenvalue weighted by Crippen LogP contribution is 2.29. The number of rotatable bonds is 4. The van der Waals surface area contributed by atoms with E-state index in [1.165, 1.54) is 12.3 Å². The van der Waals surface area contributed by atoms with Gasteiger partial charge >= 0.3 is 6.03 Å². The van der Waals surface area contributed by atoms with Gasteiger partial charge in [-0.15, -0.1) is 0 Å². The maximum Gasteiger partial charge on any atom is 0.325 e. The number of imide groups is 1. The number of benzene rings is 1. The monoisotopic (exact) mass is 312 g/mol. The van der Waals surface area contributed by atoms with Gasteiger partial charge in [0.15, 0.2) is 5.76 Å². The summed E-state index contributed by atoms with van der Waals surface area (Å²) >= 11 is 0. The number of hydrogen-bond donors (Lipinski definition) is 1. The summed E-state index contributed by atoms with van der Waals surface area (Å²) in [4.78, 5) is 37.8. The van der Waals surface area contributed by atoms with Gasteiger partial charge in [0.25, 0.3) is 5.91 Å². The lowest BCUT2D eigenvalue weighted by Gasteiger charge is -2.22. The molecule has 6 nitrogen and oxygen atoms in total. The second kappa shape index (κ2) is 5.39. The summed E-state index contributed by atoms with van der Waals surface area (Å²) in [5, 5.41) is 2.67. The van der Waals surface area contributed by atoms with E-state index in [-0.39, 0.29) is 12.3 Å². The molecule has 0 saturated carbocycles. The Kier molecular flexibility index (Phi) is 3.52. The summed E-state index contributed by atoms with van der Waals surface area (Å²) in [6, 6.07) is 9.83. The molecule has 6 heteroatoms. The van der Waals surface area contributed by atoms with Crippen LogP contribution in [0.15, 0.2) is 47.1 Å². The number of urea groups is 1. The number of Topliss-reactive ketones (excluding diaryl/α,β-unsaturated/α-hetero) is 1. The average molecular weight is 312 g/mol. The van der Waals surface area contributed by atoms with Gasteiger partial charge in [-0.1, -0.05) is 29.8 Å². The van der Waals surface area contributed by atoms with Crippen LogP contribution in [0.2, 0.25) is 0 Å². The Morgan fingerprint density at radius 3 is 2.52 bits per heavy atom. The van der Waals surface area contributed by atoms with Crippen molar-refractivity contribution in [3.05, 3.63) is 59.5 Å².